The fourth-order valence-corrected chi connectivity index (χ4v) is 0. The van der Waals surface area contributed by atoms with Gasteiger partial charge in [0.05, 0.1) is 0 Å². The Hall–Kier alpha value is -0.990. The highest BCUT2D eigenvalue weighted by molar-refractivity contribution is 5.53. The lowest BCUT2D eigenvalue weighted by molar-refractivity contribution is 0.137. The van der Waals surface area contributed by atoms with Gasteiger partial charge in [-0.2, -0.15) is 0 Å². The molecule has 0 radical (unpaired) electrons. The van der Waals surface area contributed by atoms with Crippen molar-refractivity contribution in [1.82, 2.24) is 0 Å². The van der Waals surface area contributed by atoms with Gasteiger partial charge in [-0.25, -0.2) is 4.79 Å². The molecule has 0 bridgehead atoms. The van der Waals surface area contributed by atoms with E-state index in [9.17, 15) is 0 Å². The van der Waals surface area contributed by atoms with Gasteiger partial charge in [0, 0.05) is 1.43 Å². The zero-order valence-corrected chi connectivity index (χ0v) is 3.22. The molecule has 0 atom stereocenters. The van der Waals surface area contributed by atoms with Gasteiger partial charge in [-0.15, -0.1) is 13.2 Å². The van der Waals surface area contributed by atoms with Crippen molar-refractivity contribution in [2.45, 2.75) is 0 Å². The lowest BCUT2D eigenvalue weighted by atomic mass is 11.3. The molecule has 0 saturated heterocycles. The largest absolute Gasteiger partial charge is 0.503 e. The molecule has 0 aromatic heterocycles. The van der Waals surface area contributed by atoms with Crippen molar-refractivity contribution in [3.63, 3.8) is 0 Å². The molecule has 0 aliphatic rings. The fraction of sp³-hybridized carbons (Fsp3) is 0. The second kappa shape index (κ2) is 8.99. The van der Waals surface area contributed by atoms with Crippen molar-refractivity contribution in [3.8, 4) is 0 Å². The van der Waals surface area contributed by atoms with Crippen LogP contribution in [0.15, 0.2) is 13.2 Å². The standard InChI is InChI=1S/C2H4.CH2O3.H2/c1-2;2-1(3)4;/h1-2H2;(H2,2,3,4);1H. The first-order valence-electron chi connectivity index (χ1n) is 1.15. The van der Waals surface area contributed by atoms with E-state index in [4.69, 9.17) is 15.0 Å². The monoisotopic (exact) mass is 92.0 g/mol. The summed E-state index contributed by atoms with van der Waals surface area (Å²) in [6, 6.07) is 0. The second-order valence-electron chi connectivity index (χ2n) is 0.283. The molecule has 0 fully saturated rings. The molecule has 0 aromatic carbocycles. The smallest absolute Gasteiger partial charge is 0.450 e. The van der Waals surface area contributed by atoms with Gasteiger partial charge in [-0.1, -0.05) is 0 Å². The molecule has 38 valence electrons. The van der Waals surface area contributed by atoms with E-state index in [1.54, 1.807) is 0 Å². The molecule has 6 heavy (non-hydrogen) atoms. The van der Waals surface area contributed by atoms with Gasteiger partial charge < -0.3 is 10.2 Å². The van der Waals surface area contributed by atoms with Crippen molar-refractivity contribution in [1.29, 1.82) is 0 Å². The average Bonchev–Trinajstić information content (AvgIpc) is 1.41. The van der Waals surface area contributed by atoms with E-state index in [-0.39, 0.29) is 1.43 Å². The first kappa shape index (κ1) is 8.89. The summed E-state index contributed by atoms with van der Waals surface area (Å²) in [5, 5.41) is 13.9. The Morgan fingerprint density at radius 3 is 1.50 bits per heavy atom. The predicted octanol–water partition coefficient (Wildman–Crippen LogP) is 1.27. The molecule has 0 saturated carbocycles. The maximum absolute atomic E-state index is 8.56. The highest BCUT2D eigenvalue weighted by Crippen LogP contribution is 1.42. The van der Waals surface area contributed by atoms with Crippen LogP contribution in [0.3, 0.4) is 0 Å². The fourth-order valence-electron chi connectivity index (χ4n) is 0. The van der Waals surface area contributed by atoms with Crippen molar-refractivity contribution >= 4 is 6.16 Å². The summed E-state index contributed by atoms with van der Waals surface area (Å²) in [6.07, 6.45) is -1.83. The van der Waals surface area contributed by atoms with E-state index in [1.807, 2.05) is 0 Å². The number of hydrogen-bond acceptors (Lipinski definition) is 1. The molecule has 3 nitrogen and oxygen atoms in total. The van der Waals surface area contributed by atoms with Crippen LogP contribution in [-0.4, -0.2) is 16.4 Å². The van der Waals surface area contributed by atoms with Crippen LogP contribution in [0.1, 0.15) is 1.43 Å². The SMILES string of the molecule is C=C.O=C(O)O.[HH]. The molecular weight excluding hydrogens is 84.0 g/mol. The minimum atomic E-state index is -1.83. The highest BCUT2D eigenvalue weighted by atomic mass is 16.6. The second-order valence-corrected chi connectivity index (χ2v) is 0.283. The van der Waals surface area contributed by atoms with E-state index >= 15 is 0 Å². The average molecular weight is 92.1 g/mol. The molecule has 0 rings (SSSR count). The van der Waals surface area contributed by atoms with Crippen molar-refractivity contribution in [2.24, 2.45) is 0 Å². The van der Waals surface area contributed by atoms with Crippen molar-refractivity contribution in [2.75, 3.05) is 0 Å². The summed E-state index contributed by atoms with van der Waals surface area (Å²) in [5.74, 6) is 0. The van der Waals surface area contributed by atoms with Crippen LogP contribution in [0.5, 0.6) is 0 Å². The molecule has 2 N–H and O–H groups in total. The maximum atomic E-state index is 8.56. The number of rotatable bonds is 0. The summed E-state index contributed by atoms with van der Waals surface area (Å²) in [7, 11) is 0. The summed E-state index contributed by atoms with van der Waals surface area (Å²) in [5.41, 5.74) is 0. The van der Waals surface area contributed by atoms with Gasteiger partial charge >= 0.3 is 6.16 Å². The summed E-state index contributed by atoms with van der Waals surface area (Å²) in [6.45, 7) is 6.00. The van der Waals surface area contributed by atoms with E-state index in [1.165, 1.54) is 0 Å². The Morgan fingerprint density at radius 1 is 1.50 bits per heavy atom. The third-order valence-corrected chi connectivity index (χ3v) is 0. The summed E-state index contributed by atoms with van der Waals surface area (Å²) >= 11 is 0. The van der Waals surface area contributed by atoms with Gasteiger partial charge in [0.25, 0.3) is 0 Å². The van der Waals surface area contributed by atoms with Crippen LogP contribution in [0, 0.1) is 0 Å². The molecule has 0 aliphatic heterocycles. The third kappa shape index (κ3) is 12.4. The van der Waals surface area contributed by atoms with E-state index in [2.05, 4.69) is 13.2 Å². The number of hydrogen-bond donors (Lipinski definition) is 2. The van der Waals surface area contributed by atoms with Crippen LogP contribution in [0.25, 0.3) is 0 Å². The van der Waals surface area contributed by atoms with Crippen LogP contribution < -0.4 is 0 Å². The van der Waals surface area contributed by atoms with Gasteiger partial charge in [-0.3, -0.25) is 0 Å². The van der Waals surface area contributed by atoms with Crippen LogP contribution in [-0.2, 0) is 0 Å². The minimum Gasteiger partial charge on any atom is -0.450 e. The predicted molar refractivity (Wildman–Crippen MR) is 24.0 cm³/mol. The molecule has 0 aromatic rings. The van der Waals surface area contributed by atoms with Crippen molar-refractivity contribution in [3.05, 3.63) is 13.2 Å². The van der Waals surface area contributed by atoms with Gasteiger partial charge in [0.2, 0.25) is 0 Å². The number of carboxylic acid groups (broad SMARTS) is 2. The minimum absolute atomic E-state index is 0. The van der Waals surface area contributed by atoms with E-state index < -0.39 is 6.16 Å². The Kier molecular flexibility index (Phi) is 13.3. The first-order chi connectivity index (χ1) is 2.73. The van der Waals surface area contributed by atoms with E-state index in [0.717, 1.165) is 0 Å². The lowest BCUT2D eigenvalue weighted by Crippen LogP contribution is -1.81. The molecule has 0 heterocycles. The lowest BCUT2D eigenvalue weighted by Gasteiger charge is -1.60. The quantitative estimate of drug-likeness (QED) is 0.442. The Labute approximate surface area is 37.0 Å². The Bertz CT molecular complexity index is 41.4. The van der Waals surface area contributed by atoms with Gasteiger partial charge in [0.1, 0.15) is 0 Å². The van der Waals surface area contributed by atoms with E-state index in [0.29, 0.717) is 0 Å². The summed E-state index contributed by atoms with van der Waals surface area (Å²) in [4.78, 5) is 8.56. The molecule has 0 spiro atoms. The topological polar surface area (TPSA) is 57.5 Å². The Morgan fingerprint density at radius 2 is 1.50 bits per heavy atom. The highest BCUT2D eigenvalue weighted by Gasteiger charge is 1.70. The van der Waals surface area contributed by atoms with Crippen LogP contribution in [0.4, 0.5) is 4.79 Å². The summed E-state index contributed by atoms with van der Waals surface area (Å²) < 4.78 is 0. The Balaban J connectivity index is -0.0000000480. The molecule has 0 aliphatic carbocycles. The zero-order valence-electron chi connectivity index (χ0n) is 3.22. The molecule has 0 unspecified atom stereocenters. The molecular formula is C3H8O3. The molecule has 0 amide bonds. The maximum Gasteiger partial charge on any atom is 0.503 e. The van der Waals surface area contributed by atoms with Crippen molar-refractivity contribution < 1.29 is 16.4 Å². The van der Waals surface area contributed by atoms with Crippen LogP contribution >= 0.6 is 0 Å². The third-order valence-electron chi connectivity index (χ3n) is 0. The number of carbonyl (C=O) groups is 1. The van der Waals surface area contributed by atoms with Gasteiger partial charge in [0.15, 0.2) is 0 Å². The zero-order chi connectivity index (χ0) is 5.58. The first-order valence-corrected chi connectivity index (χ1v) is 1.15. The molecule has 3 heteroatoms. The van der Waals surface area contributed by atoms with Crippen LogP contribution in [0.2, 0.25) is 0 Å². The normalized spacial score (nSPS) is 4.67. The van der Waals surface area contributed by atoms with Gasteiger partial charge in [-0.05, 0) is 0 Å².